The summed E-state index contributed by atoms with van der Waals surface area (Å²) in [5, 5.41) is 0. The first kappa shape index (κ1) is 13.9. The van der Waals surface area contributed by atoms with Gasteiger partial charge in [0, 0.05) is 25.1 Å². The molecule has 0 saturated heterocycles. The monoisotopic (exact) mass is 271 g/mol. The lowest BCUT2D eigenvalue weighted by atomic mass is 9.97. The van der Waals surface area contributed by atoms with Crippen LogP contribution in [0.4, 0.5) is 13.2 Å². The van der Waals surface area contributed by atoms with Crippen LogP contribution in [0.15, 0.2) is 18.2 Å². The van der Waals surface area contributed by atoms with Crippen molar-refractivity contribution in [1.82, 2.24) is 4.90 Å². The zero-order chi connectivity index (χ0) is 14.0. The summed E-state index contributed by atoms with van der Waals surface area (Å²) in [6.07, 6.45) is -4.30. The van der Waals surface area contributed by atoms with E-state index in [1.165, 1.54) is 4.90 Å². The smallest absolute Gasteiger partial charge is 0.338 e. The fourth-order valence-corrected chi connectivity index (χ4v) is 2.35. The van der Waals surface area contributed by atoms with Gasteiger partial charge >= 0.3 is 6.18 Å². The minimum Gasteiger partial charge on any atom is -0.338 e. The van der Waals surface area contributed by atoms with Crippen molar-refractivity contribution in [2.24, 2.45) is 0 Å². The molecule has 2 nitrogen and oxygen atoms in total. The van der Waals surface area contributed by atoms with Crippen LogP contribution in [0.1, 0.15) is 34.3 Å². The molecular weight excluding hydrogens is 255 g/mol. The van der Waals surface area contributed by atoms with Gasteiger partial charge in [0.2, 0.25) is 0 Å². The number of benzene rings is 1. The molecule has 0 atom stereocenters. The highest BCUT2D eigenvalue weighted by atomic mass is 19.4. The lowest BCUT2D eigenvalue weighted by Crippen LogP contribution is -2.38. The lowest BCUT2D eigenvalue weighted by Gasteiger charge is -2.29. The minimum atomic E-state index is -4.14. The molecule has 1 aromatic carbocycles. The minimum absolute atomic E-state index is 0.0313. The maximum absolute atomic E-state index is 12.1. The molecule has 1 amide bonds. The maximum Gasteiger partial charge on any atom is 0.389 e. The Labute approximate surface area is 110 Å². The van der Waals surface area contributed by atoms with Crippen LogP contribution < -0.4 is 0 Å². The number of aryl methyl sites for hydroxylation is 1. The predicted octanol–water partition coefficient (Wildman–Crippen LogP) is 3.34. The van der Waals surface area contributed by atoms with E-state index in [9.17, 15) is 18.0 Å². The summed E-state index contributed by atoms with van der Waals surface area (Å²) in [4.78, 5) is 13.6. The summed E-state index contributed by atoms with van der Waals surface area (Å²) in [6, 6.07) is 5.60. The molecule has 0 aromatic heterocycles. The average Bonchev–Trinajstić information content (AvgIpc) is 2.30. The van der Waals surface area contributed by atoms with Gasteiger partial charge in [0.05, 0.1) is 0 Å². The second kappa shape index (κ2) is 5.23. The number of rotatable bonds is 3. The molecule has 1 heterocycles. The van der Waals surface area contributed by atoms with Crippen LogP contribution in [0.25, 0.3) is 0 Å². The first-order valence-corrected chi connectivity index (χ1v) is 6.32. The van der Waals surface area contributed by atoms with E-state index in [2.05, 4.69) is 0 Å². The third kappa shape index (κ3) is 3.49. The van der Waals surface area contributed by atoms with E-state index in [4.69, 9.17) is 0 Å². The maximum atomic E-state index is 12.1. The summed E-state index contributed by atoms with van der Waals surface area (Å²) >= 11 is 0. The van der Waals surface area contributed by atoms with Gasteiger partial charge in [-0.2, -0.15) is 13.2 Å². The van der Waals surface area contributed by atoms with Gasteiger partial charge in [-0.25, -0.2) is 0 Å². The molecule has 2 rings (SSSR count). The van der Waals surface area contributed by atoms with E-state index in [1.54, 1.807) is 6.07 Å². The van der Waals surface area contributed by atoms with Crippen molar-refractivity contribution in [1.29, 1.82) is 0 Å². The Morgan fingerprint density at radius 1 is 1.32 bits per heavy atom. The molecule has 19 heavy (non-hydrogen) atoms. The highest BCUT2D eigenvalue weighted by Gasteiger charge is 2.28. The molecular formula is C14H16F3NO. The highest BCUT2D eigenvalue weighted by molar-refractivity contribution is 5.96. The van der Waals surface area contributed by atoms with Crippen LogP contribution >= 0.6 is 0 Å². The summed E-state index contributed by atoms with van der Waals surface area (Å²) in [5.74, 6) is -0.150. The second-order valence-electron chi connectivity index (χ2n) is 4.92. The number of carbonyl (C=O) groups excluding carboxylic acids is 1. The summed E-state index contributed by atoms with van der Waals surface area (Å²) in [7, 11) is 0. The molecule has 1 aliphatic rings. The number of nitrogens with zero attached hydrogens (tertiary/aromatic N) is 1. The predicted molar refractivity (Wildman–Crippen MR) is 66.1 cm³/mol. The van der Waals surface area contributed by atoms with Gasteiger partial charge in [0.25, 0.3) is 5.91 Å². The third-order valence-corrected chi connectivity index (χ3v) is 3.32. The number of fused-ring (bicyclic) bond motifs is 1. The van der Waals surface area contributed by atoms with Gasteiger partial charge in [-0.15, -0.1) is 0 Å². The van der Waals surface area contributed by atoms with Crippen molar-refractivity contribution in [2.75, 3.05) is 13.1 Å². The zero-order valence-electron chi connectivity index (χ0n) is 10.8. The van der Waals surface area contributed by atoms with Crippen LogP contribution in [0.3, 0.4) is 0 Å². The molecule has 0 unspecified atom stereocenters. The van der Waals surface area contributed by atoms with E-state index in [0.29, 0.717) is 12.1 Å². The van der Waals surface area contributed by atoms with Crippen LogP contribution in [0.5, 0.6) is 0 Å². The number of carbonyl (C=O) groups is 1. The Hall–Kier alpha value is -1.52. The van der Waals surface area contributed by atoms with Crippen molar-refractivity contribution < 1.29 is 18.0 Å². The van der Waals surface area contributed by atoms with E-state index < -0.39 is 12.6 Å². The molecule has 0 radical (unpaired) electrons. The molecule has 0 N–H and O–H groups in total. The topological polar surface area (TPSA) is 20.3 Å². The van der Waals surface area contributed by atoms with Crippen molar-refractivity contribution in [3.05, 3.63) is 34.9 Å². The number of halogens is 3. The number of hydrogen-bond acceptors (Lipinski definition) is 1. The van der Waals surface area contributed by atoms with Crippen LogP contribution in [0, 0.1) is 6.92 Å². The fourth-order valence-electron chi connectivity index (χ4n) is 2.35. The van der Waals surface area contributed by atoms with Crippen molar-refractivity contribution >= 4 is 5.91 Å². The third-order valence-electron chi connectivity index (χ3n) is 3.32. The van der Waals surface area contributed by atoms with E-state index in [-0.39, 0.29) is 18.9 Å². The Kier molecular flexibility index (Phi) is 3.83. The van der Waals surface area contributed by atoms with Gasteiger partial charge in [0.1, 0.15) is 0 Å². The van der Waals surface area contributed by atoms with Gasteiger partial charge < -0.3 is 4.90 Å². The van der Waals surface area contributed by atoms with Crippen molar-refractivity contribution in [3.63, 3.8) is 0 Å². The summed E-state index contributed by atoms with van der Waals surface area (Å²) in [6.45, 7) is 2.64. The summed E-state index contributed by atoms with van der Waals surface area (Å²) in [5.41, 5.74) is 2.72. The van der Waals surface area contributed by atoms with Crippen LogP contribution in [0.2, 0.25) is 0 Å². The highest BCUT2D eigenvalue weighted by Crippen LogP contribution is 2.24. The fraction of sp³-hybridized carbons (Fsp3) is 0.500. The molecule has 0 spiro atoms. The zero-order valence-corrected chi connectivity index (χ0v) is 10.8. The summed E-state index contributed by atoms with van der Waals surface area (Å²) < 4.78 is 36.3. The Morgan fingerprint density at radius 3 is 2.74 bits per heavy atom. The largest absolute Gasteiger partial charge is 0.389 e. The first-order valence-electron chi connectivity index (χ1n) is 6.32. The van der Waals surface area contributed by atoms with Crippen LogP contribution in [-0.2, 0) is 6.42 Å². The number of alkyl halides is 3. The van der Waals surface area contributed by atoms with Gasteiger partial charge in [-0.1, -0.05) is 17.7 Å². The molecule has 0 bridgehead atoms. The Morgan fingerprint density at radius 2 is 2.05 bits per heavy atom. The number of hydrogen-bond donors (Lipinski definition) is 0. The molecule has 104 valence electrons. The SMILES string of the molecule is Cc1ccc2c(c1)CCN(CCCC(F)(F)F)C2=O. The van der Waals surface area contributed by atoms with Crippen molar-refractivity contribution in [2.45, 2.75) is 32.4 Å². The molecule has 1 aromatic rings. The Bertz CT molecular complexity index is 482. The first-order chi connectivity index (χ1) is 8.87. The molecule has 1 aliphatic heterocycles. The molecule has 5 heteroatoms. The van der Waals surface area contributed by atoms with Gasteiger partial charge in [-0.05, 0) is 31.4 Å². The van der Waals surface area contributed by atoms with E-state index in [0.717, 1.165) is 17.5 Å². The Balaban J connectivity index is 1.99. The normalized spacial score (nSPS) is 15.6. The molecule has 0 aliphatic carbocycles. The lowest BCUT2D eigenvalue weighted by molar-refractivity contribution is -0.136. The van der Waals surface area contributed by atoms with E-state index >= 15 is 0 Å². The number of amides is 1. The van der Waals surface area contributed by atoms with Crippen LogP contribution in [-0.4, -0.2) is 30.1 Å². The van der Waals surface area contributed by atoms with Crippen molar-refractivity contribution in [3.8, 4) is 0 Å². The molecule has 0 fully saturated rings. The standard InChI is InChI=1S/C14H16F3NO/c1-10-3-4-12-11(9-10)5-8-18(13(12)19)7-2-6-14(15,16)17/h3-4,9H,2,5-8H2,1H3. The van der Waals surface area contributed by atoms with Gasteiger partial charge in [-0.3, -0.25) is 4.79 Å². The average molecular weight is 271 g/mol. The quantitative estimate of drug-likeness (QED) is 0.825. The van der Waals surface area contributed by atoms with E-state index in [1.807, 2.05) is 19.1 Å². The molecule has 0 saturated carbocycles. The van der Waals surface area contributed by atoms with Gasteiger partial charge in [0.15, 0.2) is 0 Å². The second-order valence-corrected chi connectivity index (χ2v) is 4.92.